The largest absolute Gasteiger partial charge is 0.444 e. The van der Waals surface area contributed by atoms with E-state index in [1.165, 1.54) is 0 Å². The highest BCUT2D eigenvalue weighted by molar-refractivity contribution is 5.78. The van der Waals surface area contributed by atoms with E-state index in [2.05, 4.69) is 19.2 Å². The lowest BCUT2D eigenvalue weighted by atomic mass is 9.92. The average molecular weight is 256 g/mol. The van der Waals surface area contributed by atoms with Crippen molar-refractivity contribution in [1.82, 2.24) is 5.32 Å². The van der Waals surface area contributed by atoms with Gasteiger partial charge in [-0.15, -0.1) is 0 Å². The molecule has 0 fully saturated rings. The lowest BCUT2D eigenvalue weighted by Gasteiger charge is -2.22. The summed E-state index contributed by atoms with van der Waals surface area (Å²) in [6, 6.07) is 0. The Morgan fingerprint density at radius 2 is 1.89 bits per heavy atom. The van der Waals surface area contributed by atoms with Crippen molar-refractivity contribution < 1.29 is 9.53 Å². The van der Waals surface area contributed by atoms with Gasteiger partial charge in [-0.2, -0.15) is 0 Å². The summed E-state index contributed by atoms with van der Waals surface area (Å²) < 4.78 is 5.19. The van der Waals surface area contributed by atoms with Crippen LogP contribution in [0.3, 0.4) is 0 Å². The molecule has 0 aromatic heterocycles. The van der Waals surface area contributed by atoms with Crippen LogP contribution in [0, 0.1) is 17.2 Å². The topological polar surface area (TPSA) is 62.2 Å². The zero-order valence-corrected chi connectivity index (χ0v) is 12.6. The Balaban J connectivity index is 4.17. The monoisotopic (exact) mass is 256 g/mol. The van der Waals surface area contributed by atoms with Gasteiger partial charge in [-0.1, -0.05) is 13.8 Å². The second-order valence-electron chi connectivity index (χ2n) is 6.36. The van der Waals surface area contributed by atoms with E-state index in [0.29, 0.717) is 24.1 Å². The van der Waals surface area contributed by atoms with Gasteiger partial charge in [0.1, 0.15) is 5.60 Å². The van der Waals surface area contributed by atoms with Crippen LogP contribution in [0.15, 0.2) is 0 Å². The fourth-order valence-electron chi connectivity index (χ4n) is 1.88. The smallest absolute Gasteiger partial charge is 0.407 e. The van der Waals surface area contributed by atoms with Gasteiger partial charge >= 0.3 is 6.09 Å². The van der Waals surface area contributed by atoms with Crippen molar-refractivity contribution in [3.8, 4) is 0 Å². The average Bonchev–Trinajstić information content (AvgIpc) is 2.09. The molecule has 0 saturated carbocycles. The first-order chi connectivity index (χ1) is 8.10. The molecule has 0 aliphatic carbocycles. The molecule has 18 heavy (non-hydrogen) atoms. The molecule has 0 bridgehead atoms. The first kappa shape index (κ1) is 16.9. The number of nitrogens with one attached hydrogen (secondary N) is 2. The molecule has 4 heteroatoms. The van der Waals surface area contributed by atoms with Crippen LogP contribution in [-0.2, 0) is 4.74 Å². The van der Waals surface area contributed by atoms with Gasteiger partial charge in [0, 0.05) is 12.3 Å². The zero-order chi connectivity index (χ0) is 14.3. The Hall–Kier alpha value is -1.06. The Morgan fingerprint density at radius 3 is 2.28 bits per heavy atom. The van der Waals surface area contributed by atoms with Crippen LogP contribution in [0.5, 0.6) is 0 Å². The van der Waals surface area contributed by atoms with Crippen LogP contribution in [0.1, 0.15) is 54.4 Å². The third kappa shape index (κ3) is 10.1. The van der Waals surface area contributed by atoms with Crippen molar-refractivity contribution in [2.24, 2.45) is 11.8 Å². The van der Waals surface area contributed by atoms with E-state index in [0.717, 1.165) is 12.8 Å². The lowest BCUT2D eigenvalue weighted by molar-refractivity contribution is 0.0517. The van der Waals surface area contributed by atoms with E-state index < -0.39 is 5.60 Å². The first-order valence-electron chi connectivity index (χ1n) is 6.61. The molecule has 106 valence electrons. The van der Waals surface area contributed by atoms with E-state index >= 15 is 0 Å². The molecule has 1 atom stereocenters. The minimum atomic E-state index is -0.463. The number of carbonyl (C=O) groups excluding carboxylic acids is 1. The number of rotatable bonds is 6. The molecule has 0 heterocycles. The maximum absolute atomic E-state index is 11.5. The minimum Gasteiger partial charge on any atom is -0.444 e. The van der Waals surface area contributed by atoms with Crippen molar-refractivity contribution in [3.05, 3.63) is 0 Å². The second kappa shape index (κ2) is 7.39. The number of hydrogen-bond donors (Lipinski definition) is 2. The molecule has 2 N–H and O–H groups in total. The van der Waals surface area contributed by atoms with Gasteiger partial charge in [0.15, 0.2) is 0 Å². The minimum absolute atomic E-state index is 0.315. The van der Waals surface area contributed by atoms with Crippen molar-refractivity contribution in [3.63, 3.8) is 0 Å². The summed E-state index contributed by atoms with van der Waals surface area (Å²) in [6.45, 7) is 12.2. The van der Waals surface area contributed by atoms with Crippen molar-refractivity contribution in [1.29, 1.82) is 5.41 Å². The summed E-state index contributed by atoms with van der Waals surface area (Å²) >= 11 is 0. The van der Waals surface area contributed by atoms with Crippen LogP contribution in [0.25, 0.3) is 0 Å². The third-order valence-electron chi connectivity index (χ3n) is 2.33. The van der Waals surface area contributed by atoms with Gasteiger partial charge < -0.3 is 15.5 Å². The van der Waals surface area contributed by atoms with Gasteiger partial charge in [0.05, 0.1) is 0 Å². The van der Waals surface area contributed by atoms with Crippen LogP contribution < -0.4 is 5.32 Å². The van der Waals surface area contributed by atoms with Gasteiger partial charge in [-0.25, -0.2) is 4.79 Å². The fourth-order valence-corrected chi connectivity index (χ4v) is 1.88. The summed E-state index contributed by atoms with van der Waals surface area (Å²) in [6.07, 6.45) is 1.36. The molecule has 0 spiro atoms. The Kier molecular flexibility index (Phi) is 6.96. The van der Waals surface area contributed by atoms with Gasteiger partial charge in [-0.3, -0.25) is 0 Å². The molecule has 0 saturated heterocycles. The van der Waals surface area contributed by atoms with E-state index in [-0.39, 0.29) is 6.09 Å². The Bertz CT molecular complexity index is 280. The molecule has 0 aliphatic rings. The van der Waals surface area contributed by atoms with E-state index in [1.807, 2.05) is 20.8 Å². The molecule has 4 nitrogen and oxygen atoms in total. The van der Waals surface area contributed by atoms with Crippen molar-refractivity contribution in [2.75, 3.05) is 6.54 Å². The van der Waals surface area contributed by atoms with Gasteiger partial charge in [0.2, 0.25) is 0 Å². The SMILES string of the molecule is CC(=N)CC(CNC(=O)OC(C)(C)C)CC(C)C. The van der Waals surface area contributed by atoms with Crippen molar-refractivity contribution >= 4 is 11.8 Å². The lowest BCUT2D eigenvalue weighted by Crippen LogP contribution is -2.36. The van der Waals surface area contributed by atoms with E-state index in [1.54, 1.807) is 6.92 Å². The number of alkyl carbamates (subject to hydrolysis) is 1. The maximum atomic E-state index is 11.5. The maximum Gasteiger partial charge on any atom is 0.407 e. The molecular formula is C14H28N2O2. The quantitative estimate of drug-likeness (QED) is 0.713. The highest BCUT2D eigenvalue weighted by atomic mass is 16.6. The Morgan fingerprint density at radius 1 is 1.33 bits per heavy atom. The zero-order valence-electron chi connectivity index (χ0n) is 12.6. The Labute approximate surface area is 111 Å². The number of amides is 1. The predicted octanol–water partition coefficient (Wildman–Crippen LogP) is 3.60. The van der Waals surface area contributed by atoms with Crippen LogP contribution in [-0.4, -0.2) is 24.0 Å². The third-order valence-corrected chi connectivity index (χ3v) is 2.33. The second-order valence-corrected chi connectivity index (χ2v) is 6.36. The van der Waals surface area contributed by atoms with Crippen LogP contribution >= 0.6 is 0 Å². The standard InChI is InChI=1S/C14H28N2O2/c1-10(2)7-12(8-11(3)15)9-16-13(17)18-14(4,5)6/h10,12,15H,7-9H2,1-6H3,(H,16,17). The summed E-state index contributed by atoms with van der Waals surface area (Å²) in [7, 11) is 0. The number of carbonyl (C=O) groups is 1. The summed E-state index contributed by atoms with van der Waals surface area (Å²) in [5.74, 6) is 0.879. The van der Waals surface area contributed by atoms with Gasteiger partial charge in [0.25, 0.3) is 0 Å². The molecule has 0 radical (unpaired) electrons. The molecule has 0 aliphatic heterocycles. The number of hydrogen-bond acceptors (Lipinski definition) is 3. The molecule has 1 amide bonds. The van der Waals surface area contributed by atoms with Crippen LogP contribution in [0.2, 0.25) is 0 Å². The van der Waals surface area contributed by atoms with Crippen LogP contribution in [0.4, 0.5) is 4.79 Å². The number of ether oxygens (including phenoxy) is 1. The summed E-state index contributed by atoms with van der Waals surface area (Å²) in [5.41, 5.74) is 0.196. The molecular weight excluding hydrogens is 228 g/mol. The molecule has 1 unspecified atom stereocenters. The first-order valence-corrected chi connectivity index (χ1v) is 6.61. The molecule has 0 rings (SSSR count). The molecule has 0 aromatic carbocycles. The predicted molar refractivity (Wildman–Crippen MR) is 75.2 cm³/mol. The van der Waals surface area contributed by atoms with Crippen molar-refractivity contribution in [2.45, 2.75) is 60.0 Å². The van der Waals surface area contributed by atoms with Gasteiger partial charge in [-0.05, 0) is 52.4 Å². The normalized spacial score (nSPS) is 13.3. The fraction of sp³-hybridized carbons (Fsp3) is 0.857. The van der Waals surface area contributed by atoms with E-state index in [4.69, 9.17) is 10.1 Å². The highest BCUT2D eigenvalue weighted by Gasteiger charge is 2.18. The summed E-state index contributed by atoms with van der Waals surface area (Å²) in [5, 5.41) is 10.3. The molecule has 0 aromatic rings. The summed E-state index contributed by atoms with van der Waals surface area (Å²) in [4.78, 5) is 11.5. The highest BCUT2D eigenvalue weighted by Crippen LogP contribution is 2.15. The van der Waals surface area contributed by atoms with E-state index in [9.17, 15) is 4.79 Å².